The fraction of sp³-hybridized carbons (Fsp3) is 0.0508. The van der Waals surface area contributed by atoms with Gasteiger partial charge >= 0.3 is 0 Å². The normalized spacial score (nSPS) is 11.5. The van der Waals surface area contributed by atoms with E-state index in [1.54, 1.807) is 0 Å². The quantitative estimate of drug-likeness (QED) is 0.114. The molecule has 0 bridgehead atoms. The molecule has 0 amide bonds. The second-order valence-electron chi connectivity index (χ2n) is 33.8. The Morgan fingerprint density at radius 2 is 0.468 bits per heavy atom. The molecule has 0 fully saturated rings. The van der Waals surface area contributed by atoms with E-state index in [4.69, 9.17) is 0 Å². The van der Waals surface area contributed by atoms with Crippen molar-refractivity contribution in [1.82, 2.24) is 18.3 Å². The van der Waals surface area contributed by atoms with E-state index < -0.39 is 0 Å². The molecule has 18 aromatic carbocycles. The molecule has 22 aromatic rings. The summed E-state index contributed by atoms with van der Waals surface area (Å²) >= 11 is 0. The Kier molecular flexibility index (Phi) is 18.0. The minimum absolute atomic E-state index is 0.453. The average Bonchev–Trinajstić information content (AvgIpc) is 1.56. The van der Waals surface area contributed by atoms with E-state index >= 15 is 0 Å². The van der Waals surface area contributed by atoms with E-state index in [0.717, 1.165) is 227 Å². The summed E-state index contributed by atoms with van der Waals surface area (Å²) in [5.41, 5.74) is 37.2. The number of aryl methyl sites for hydroxylation is 6. The van der Waals surface area contributed by atoms with Gasteiger partial charge in [-0.15, -0.1) is 0 Å². The highest BCUT2D eigenvalue weighted by Gasteiger charge is 2.29. The average molecular weight is 1610 g/mol. The van der Waals surface area contributed by atoms with Gasteiger partial charge in [-0.25, -0.2) is 0 Å². The fourth-order valence-electron chi connectivity index (χ4n) is 19.7. The van der Waals surface area contributed by atoms with Crippen LogP contribution in [0, 0.1) is 86.9 Å². The molecule has 0 radical (unpaired) electrons. The van der Waals surface area contributed by atoms with Crippen LogP contribution in [-0.2, 0) is 0 Å². The Labute approximate surface area is 730 Å². The van der Waals surface area contributed by atoms with Gasteiger partial charge in [0.15, 0.2) is 0 Å². The van der Waals surface area contributed by atoms with E-state index in [2.05, 4.69) is 412 Å². The Balaban J connectivity index is 0.825. The van der Waals surface area contributed by atoms with Crippen molar-refractivity contribution in [3.05, 3.63) is 420 Å². The van der Waals surface area contributed by atoms with Crippen LogP contribution in [0.4, 0.5) is 0 Å². The summed E-state index contributed by atoms with van der Waals surface area (Å²) in [4.78, 5) is 0. The molecule has 0 atom stereocenters. The molecule has 0 N–H and O–H groups in total. The first-order chi connectivity index (χ1) is 61.7. The lowest BCUT2D eigenvalue weighted by atomic mass is 9.92. The van der Waals surface area contributed by atoms with Crippen molar-refractivity contribution in [1.29, 1.82) is 21.0 Å². The van der Waals surface area contributed by atoms with Crippen molar-refractivity contribution in [2.24, 2.45) is 0 Å². The van der Waals surface area contributed by atoms with Gasteiger partial charge in [0.1, 0.15) is 12.1 Å². The van der Waals surface area contributed by atoms with Gasteiger partial charge in [-0.05, 0) is 252 Å². The fourth-order valence-corrected chi connectivity index (χ4v) is 19.7. The third kappa shape index (κ3) is 12.7. The molecule has 0 spiro atoms. The van der Waals surface area contributed by atoms with Gasteiger partial charge in [0.05, 0.1) is 101 Å². The molecule has 8 nitrogen and oxygen atoms in total. The second-order valence-corrected chi connectivity index (χ2v) is 33.8. The Bertz CT molecular complexity index is 8510. The number of fused-ring (bicyclic) bond motifs is 12. The molecule has 590 valence electrons. The number of hydrogen-bond acceptors (Lipinski definition) is 4. The maximum atomic E-state index is 12.4. The van der Waals surface area contributed by atoms with Gasteiger partial charge in [-0.2, -0.15) is 21.0 Å². The summed E-state index contributed by atoms with van der Waals surface area (Å²) in [5, 5.41) is 54.3. The Hall–Kier alpha value is -16.9. The van der Waals surface area contributed by atoms with Crippen molar-refractivity contribution < 1.29 is 0 Å². The molecular weight excluding hydrogens is 1530 g/mol. The zero-order valence-electron chi connectivity index (χ0n) is 70.2. The number of hydrogen-bond donors (Lipinski definition) is 0. The summed E-state index contributed by atoms with van der Waals surface area (Å²) in [6.45, 7) is 12.8. The number of aromatic nitrogens is 4. The largest absolute Gasteiger partial charge is 0.309 e. The summed E-state index contributed by atoms with van der Waals surface area (Å²) in [7, 11) is 0. The summed E-state index contributed by atoms with van der Waals surface area (Å²) in [6.07, 6.45) is 0. The van der Waals surface area contributed by atoms with Crippen molar-refractivity contribution >= 4 is 87.2 Å². The van der Waals surface area contributed by atoms with Crippen LogP contribution >= 0.6 is 0 Å². The monoisotopic (exact) mass is 1610 g/mol. The van der Waals surface area contributed by atoms with Crippen molar-refractivity contribution in [2.45, 2.75) is 41.5 Å². The van der Waals surface area contributed by atoms with Gasteiger partial charge in [0.2, 0.25) is 0 Å². The summed E-state index contributed by atoms with van der Waals surface area (Å²) in [5.74, 6) is 0. The highest BCUT2D eigenvalue weighted by molar-refractivity contribution is 6.21. The topological polar surface area (TPSA) is 115 Å². The number of nitriles is 4. The molecule has 0 saturated heterocycles. The van der Waals surface area contributed by atoms with Crippen LogP contribution in [-0.4, -0.2) is 18.3 Å². The van der Waals surface area contributed by atoms with E-state index in [9.17, 15) is 21.0 Å². The third-order valence-corrected chi connectivity index (χ3v) is 25.5. The Morgan fingerprint density at radius 1 is 0.175 bits per heavy atom. The molecule has 22 rings (SSSR count). The first kappa shape index (κ1) is 75.3. The maximum absolute atomic E-state index is 12.4. The Morgan fingerprint density at radius 3 is 0.889 bits per heavy atom. The van der Waals surface area contributed by atoms with Crippen LogP contribution in [0.3, 0.4) is 0 Å². The zero-order chi connectivity index (χ0) is 85.3. The predicted molar refractivity (Wildman–Crippen MR) is 520 cm³/mol. The number of benzene rings is 18. The second kappa shape index (κ2) is 30.1. The van der Waals surface area contributed by atoms with E-state index in [0.29, 0.717) is 33.6 Å². The third-order valence-electron chi connectivity index (χ3n) is 25.5. The van der Waals surface area contributed by atoms with Gasteiger partial charge in [-0.3, -0.25) is 0 Å². The highest BCUT2D eigenvalue weighted by atomic mass is 15.0. The maximum Gasteiger partial charge on any atom is 0.101 e. The predicted octanol–water partition coefficient (Wildman–Crippen LogP) is 30.4. The lowest BCUT2D eigenvalue weighted by Gasteiger charge is -2.20. The molecular formula is C118H78N8. The lowest BCUT2D eigenvalue weighted by Crippen LogP contribution is -2.04. The highest BCUT2D eigenvalue weighted by Crippen LogP contribution is 2.50. The molecule has 0 aliphatic heterocycles. The van der Waals surface area contributed by atoms with Crippen LogP contribution in [0.2, 0.25) is 0 Å². The molecule has 0 unspecified atom stereocenters. The number of nitrogens with zero attached hydrogens (tertiary/aromatic N) is 8. The molecule has 0 aliphatic rings. The van der Waals surface area contributed by atoms with Crippen molar-refractivity contribution in [3.8, 4) is 147 Å². The number of rotatable bonds is 13. The van der Waals surface area contributed by atoms with E-state index in [1.165, 1.54) is 5.56 Å². The molecule has 4 heterocycles. The zero-order valence-corrected chi connectivity index (χ0v) is 70.2. The van der Waals surface area contributed by atoms with E-state index in [-0.39, 0.29) is 0 Å². The standard InChI is InChI=1S/C118H78N8/c1-71-17-9-25-79(47-71)85-38-44-107-103(55-85)96-33-7-8-34-106(96)124(107)115-63-94(69-121)110(65-100(115)90-31-15-23-77(53-90)67-119)123-108-45-39-86(80-26-10-18-72(2)48-80)56-104(108)105-57-92(40-46-109(105)123)102-58-93(84-30-14-22-76(6)52-84)62-117-118(102)99-43-37-89(83-29-13-21-75(5)51-83)61-114(99)126(117)116-64-95(70-122)111(66-101(116)91-32-16-24-78(54-91)68-120)125-112-59-87(81-27-11-19-73(3)49-81)35-41-97(112)98-42-36-88(60-113(98)125)82-28-12-20-74(4)50-82/h7-66H,1-6H3. The summed E-state index contributed by atoms with van der Waals surface area (Å²) in [6, 6.07) is 140. The van der Waals surface area contributed by atoms with Crippen LogP contribution in [0.1, 0.15) is 55.6 Å². The molecule has 0 aliphatic carbocycles. The first-order valence-corrected chi connectivity index (χ1v) is 42.6. The summed E-state index contributed by atoms with van der Waals surface area (Å²) < 4.78 is 9.26. The van der Waals surface area contributed by atoms with Crippen molar-refractivity contribution in [3.63, 3.8) is 0 Å². The smallest absolute Gasteiger partial charge is 0.101 e. The molecule has 8 heteroatoms. The van der Waals surface area contributed by atoms with Gasteiger partial charge in [0.25, 0.3) is 0 Å². The van der Waals surface area contributed by atoms with Crippen LogP contribution in [0.25, 0.3) is 210 Å². The van der Waals surface area contributed by atoms with Crippen LogP contribution in [0.15, 0.2) is 364 Å². The molecule has 126 heavy (non-hydrogen) atoms. The molecule has 4 aromatic heterocycles. The van der Waals surface area contributed by atoms with Gasteiger partial charge < -0.3 is 18.3 Å². The van der Waals surface area contributed by atoms with Crippen LogP contribution in [0.5, 0.6) is 0 Å². The SMILES string of the molecule is Cc1cccc(-c2ccc3c(c2)c2cc(-c4cc(-c5cccc(C)c5)cc5c4c4ccc(-c6cccc(C)c6)cc4n5-c4cc(C#N)c(-n5c6cc(-c7cccc(C)c7)ccc6c6ccc(-c7cccc(C)c7)cc65)cc4-c4cccc(C#N)c4)ccc2n3-c2cc(-c3cccc(C#N)c3)c(-n3c4ccccc4c4cc(-c5cccc(C)c5)ccc43)cc2C#N)c1. The molecule has 0 saturated carbocycles. The minimum atomic E-state index is 0.453. The minimum Gasteiger partial charge on any atom is -0.309 e. The van der Waals surface area contributed by atoms with E-state index in [1.807, 2.05) is 36.4 Å². The number of para-hydroxylation sites is 1. The van der Waals surface area contributed by atoms with Crippen LogP contribution < -0.4 is 0 Å². The van der Waals surface area contributed by atoms with Gasteiger partial charge in [-0.1, -0.05) is 276 Å². The van der Waals surface area contributed by atoms with Crippen molar-refractivity contribution in [2.75, 3.05) is 0 Å². The first-order valence-electron chi connectivity index (χ1n) is 42.6. The van der Waals surface area contributed by atoms with Gasteiger partial charge in [0, 0.05) is 54.2 Å². The lowest BCUT2D eigenvalue weighted by molar-refractivity contribution is 1.14.